The molecule has 0 bridgehead atoms. The zero-order chi connectivity index (χ0) is 14.5. The second-order valence-electron chi connectivity index (χ2n) is 6.30. The number of hydrogen-bond acceptors (Lipinski definition) is 3. The summed E-state index contributed by atoms with van der Waals surface area (Å²) >= 11 is 0. The fourth-order valence-electron chi connectivity index (χ4n) is 3.95. The largest absolute Gasteiger partial charge is 0.411 e. The van der Waals surface area contributed by atoms with Crippen LogP contribution < -0.4 is 0 Å². The lowest BCUT2D eigenvalue weighted by Gasteiger charge is -2.32. The van der Waals surface area contributed by atoms with E-state index in [9.17, 15) is 4.79 Å². The van der Waals surface area contributed by atoms with Crippen LogP contribution in [0.15, 0.2) is 39.1 Å². The van der Waals surface area contributed by atoms with Crippen LogP contribution in [-0.2, 0) is 4.79 Å². The first-order valence-electron chi connectivity index (χ1n) is 7.36. The average molecular weight is 271 g/mol. The van der Waals surface area contributed by atoms with E-state index in [-0.39, 0.29) is 11.3 Å². The van der Waals surface area contributed by atoms with Crippen LogP contribution in [0, 0.1) is 11.3 Å². The van der Waals surface area contributed by atoms with Crippen LogP contribution in [0.1, 0.15) is 46.5 Å². The van der Waals surface area contributed by atoms with Gasteiger partial charge in [0.25, 0.3) is 0 Å². The third kappa shape index (κ3) is 1.65. The molecular weight excluding hydrogens is 250 g/mol. The zero-order valence-corrected chi connectivity index (χ0v) is 12.4. The number of nitrogens with zero attached hydrogens (tertiary/aromatic N) is 1. The van der Waals surface area contributed by atoms with Crippen molar-refractivity contribution in [2.75, 3.05) is 0 Å². The lowest BCUT2D eigenvalue weighted by atomic mass is 9.70. The summed E-state index contributed by atoms with van der Waals surface area (Å²) in [4.78, 5) is 12.6. The van der Waals surface area contributed by atoms with E-state index in [4.69, 9.17) is 5.21 Å². The molecule has 3 nitrogen and oxygen atoms in total. The Hall–Kier alpha value is -1.64. The van der Waals surface area contributed by atoms with Gasteiger partial charge >= 0.3 is 0 Å². The number of ketones is 1. The molecule has 0 radical (unpaired) electrons. The Kier molecular flexibility index (Phi) is 2.96. The van der Waals surface area contributed by atoms with Crippen LogP contribution in [0.5, 0.6) is 0 Å². The van der Waals surface area contributed by atoms with Gasteiger partial charge in [-0.1, -0.05) is 12.5 Å². The SMILES string of the molecule is CC1=C(CC/C=N/O)C2=C(C)C3(CC3)[C@H](C)C(=O)C2=C1. The Morgan fingerprint density at radius 3 is 2.75 bits per heavy atom. The zero-order valence-electron chi connectivity index (χ0n) is 12.4. The van der Waals surface area contributed by atoms with Crippen LogP contribution in [0.4, 0.5) is 0 Å². The van der Waals surface area contributed by atoms with Crippen LogP contribution in [0.3, 0.4) is 0 Å². The highest BCUT2D eigenvalue weighted by atomic mass is 16.4. The quantitative estimate of drug-likeness (QED) is 0.482. The fourth-order valence-corrected chi connectivity index (χ4v) is 3.95. The van der Waals surface area contributed by atoms with Crippen LogP contribution in [0.25, 0.3) is 0 Å². The minimum Gasteiger partial charge on any atom is -0.411 e. The monoisotopic (exact) mass is 271 g/mol. The number of rotatable bonds is 3. The standard InChI is InChI=1S/C17H21NO2/c1-10-9-14-15(13(10)5-4-8-18-20)11(2)17(6-7-17)12(3)16(14)19/h8-9,12,20H,4-7H2,1-3H3/b18-8+/t12-/m1/s1. The Morgan fingerprint density at radius 1 is 1.45 bits per heavy atom. The first-order chi connectivity index (χ1) is 9.53. The molecule has 0 aromatic heterocycles. The van der Waals surface area contributed by atoms with Crippen LogP contribution in [-0.4, -0.2) is 17.2 Å². The Bertz CT molecular complexity index is 600. The first-order valence-corrected chi connectivity index (χ1v) is 7.36. The van der Waals surface area contributed by atoms with Crippen molar-refractivity contribution < 1.29 is 10.0 Å². The van der Waals surface area contributed by atoms with Crippen molar-refractivity contribution in [2.24, 2.45) is 16.5 Å². The number of Topliss-reactive ketones (excluding diaryl/α,β-unsaturated/α-hetero) is 1. The van der Waals surface area contributed by atoms with Crippen LogP contribution in [0.2, 0.25) is 0 Å². The molecule has 0 unspecified atom stereocenters. The molecule has 1 saturated carbocycles. The normalized spacial score (nSPS) is 27.6. The number of fused-ring (bicyclic) bond motifs is 1. The molecule has 3 rings (SSSR count). The van der Waals surface area contributed by atoms with Crippen molar-refractivity contribution in [3.8, 4) is 0 Å². The van der Waals surface area contributed by atoms with Gasteiger partial charge in [0.2, 0.25) is 0 Å². The van der Waals surface area contributed by atoms with Gasteiger partial charge in [-0.25, -0.2) is 0 Å². The second kappa shape index (κ2) is 4.44. The fraction of sp³-hybridized carbons (Fsp3) is 0.529. The second-order valence-corrected chi connectivity index (χ2v) is 6.30. The van der Waals surface area contributed by atoms with Crippen molar-refractivity contribution in [1.82, 2.24) is 0 Å². The van der Waals surface area contributed by atoms with Crippen LogP contribution >= 0.6 is 0 Å². The maximum atomic E-state index is 12.6. The van der Waals surface area contributed by atoms with Gasteiger partial charge in [-0.05, 0) is 62.3 Å². The summed E-state index contributed by atoms with van der Waals surface area (Å²) < 4.78 is 0. The van der Waals surface area contributed by atoms with E-state index in [0.717, 1.165) is 24.8 Å². The van der Waals surface area contributed by atoms with E-state index >= 15 is 0 Å². The predicted octanol–water partition coefficient (Wildman–Crippen LogP) is 3.80. The van der Waals surface area contributed by atoms with E-state index in [2.05, 4.69) is 32.0 Å². The van der Waals surface area contributed by atoms with Gasteiger partial charge in [0, 0.05) is 23.1 Å². The third-order valence-electron chi connectivity index (χ3n) is 5.41. The molecule has 0 aromatic rings. The molecule has 0 aromatic carbocycles. The maximum absolute atomic E-state index is 12.6. The van der Waals surface area contributed by atoms with Crippen molar-refractivity contribution in [3.63, 3.8) is 0 Å². The van der Waals surface area contributed by atoms with Crippen molar-refractivity contribution >= 4 is 12.0 Å². The highest BCUT2D eigenvalue weighted by molar-refractivity contribution is 6.07. The predicted molar refractivity (Wildman–Crippen MR) is 78.8 cm³/mol. The summed E-state index contributed by atoms with van der Waals surface area (Å²) in [6.07, 6.45) is 7.41. The number of allylic oxidation sites excluding steroid dienone is 6. The van der Waals surface area contributed by atoms with Gasteiger partial charge < -0.3 is 5.21 Å². The van der Waals surface area contributed by atoms with E-state index in [0.29, 0.717) is 12.2 Å². The molecule has 1 spiro atoms. The minimum absolute atomic E-state index is 0.128. The molecule has 20 heavy (non-hydrogen) atoms. The summed E-state index contributed by atoms with van der Waals surface area (Å²) in [5.41, 5.74) is 6.13. The number of carbonyl (C=O) groups excluding carboxylic acids is 1. The lowest BCUT2D eigenvalue weighted by Crippen LogP contribution is -2.31. The van der Waals surface area contributed by atoms with E-state index in [1.807, 2.05) is 0 Å². The van der Waals surface area contributed by atoms with Gasteiger partial charge in [-0.3, -0.25) is 4.79 Å². The Balaban J connectivity index is 2.03. The van der Waals surface area contributed by atoms with Gasteiger partial charge in [0.05, 0.1) is 0 Å². The maximum Gasteiger partial charge on any atom is 0.167 e. The average Bonchev–Trinajstić information content (AvgIpc) is 3.16. The smallest absolute Gasteiger partial charge is 0.167 e. The van der Waals surface area contributed by atoms with Crippen molar-refractivity contribution in [1.29, 1.82) is 0 Å². The topological polar surface area (TPSA) is 49.7 Å². The highest BCUT2D eigenvalue weighted by Gasteiger charge is 2.56. The summed E-state index contributed by atoms with van der Waals surface area (Å²) in [5.74, 6) is 0.442. The van der Waals surface area contributed by atoms with Gasteiger partial charge in [-0.2, -0.15) is 0 Å². The summed E-state index contributed by atoms with van der Waals surface area (Å²) in [6, 6.07) is 0. The molecule has 1 fully saturated rings. The van der Waals surface area contributed by atoms with Gasteiger partial charge in [0.1, 0.15) is 0 Å². The molecule has 1 N–H and O–H groups in total. The van der Waals surface area contributed by atoms with E-state index in [1.165, 1.54) is 28.5 Å². The van der Waals surface area contributed by atoms with Gasteiger partial charge in [0.15, 0.2) is 5.78 Å². The van der Waals surface area contributed by atoms with Gasteiger partial charge in [-0.15, -0.1) is 5.16 Å². The summed E-state index contributed by atoms with van der Waals surface area (Å²) in [7, 11) is 0. The third-order valence-corrected chi connectivity index (χ3v) is 5.41. The van der Waals surface area contributed by atoms with E-state index in [1.54, 1.807) is 0 Å². The Morgan fingerprint density at radius 2 is 2.15 bits per heavy atom. The van der Waals surface area contributed by atoms with E-state index < -0.39 is 0 Å². The minimum atomic E-state index is 0.128. The summed E-state index contributed by atoms with van der Waals surface area (Å²) in [6.45, 7) is 6.37. The summed E-state index contributed by atoms with van der Waals surface area (Å²) in [5, 5.41) is 11.6. The highest BCUT2D eigenvalue weighted by Crippen LogP contribution is 2.63. The van der Waals surface area contributed by atoms with Crippen molar-refractivity contribution in [2.45, 2.75) is 46.5 Å². The number of carbonyl (C=O) groups is 1. The molecule has 3 heteroatoms. The number of hydrogen-bond donors (Lipinski definition) is 1. The Labute approximate surface area is 119 Å². The number of oxime groups is 1. The molecule has 0 aliphatic heterocycles. The molecule has 0 heterocycles. The molecule has 0 saturated heterocycles. The van der Waals surface area contributed by atoms with Crippen molar-refractivity contribution in [3.05, 3.63) is 33.9 Å². The first kappa shape index (κ1) is 13.3. The molecular formula is C17H21NO2. The molecule has 3 aliphatic rings. The molecule has 0 amide bonds. The molecule has 1 atom stereocenters. The molecule has 3 aliphatic carbocycles. The molecule has 106 valence electrons. The lowest BCUT2D eigenvalue weighted by molar-refractivity contribution is -0.120.